The highest BCUT2D eigenvalue weighted by Crippen LogP contribution is 2.42. The van der Waals surface area contributed by atoms with Crippen LogP contribution in [0.25, 0.3) is 11.3 Å². The minimum Gasteiger partial charge on any atom is -0.481 e. The first-order valence-corrected chi connectivity index (χ1v) is 11.5. The number of rotatable bonds is 6. The molecule has 3 aromatic heterocycles. The minimum atomic E-state index is -4.47. The molecule has 0 saturated carbocycles. The molecule has 34 heavy (non-hydrogen) atoms. The van der Waals surface area contributed by atoms with Crippen LogP contribution in [0.15, 0.2) is 47.8 Å². The Morgan fingerprint density at radius 1 is 1.18 bits per heavy atom. The molecule has 0 bridgehead atoms. The molecule has 0 aliphatic carbocycles. The lowest BCUT2D eigenvalue weighted by Crippen LogP contribution is -2.29. The Hall–Kier alpha value is -3.54. The van der Waals surface area contributed by atoms with Gasteiger partial charge in [-0.15, -0.1) is 0 Å². The lowest BCUT2D eigenvalue weighted by molar-refractivity contribution is 0.0294. The quantitative estimate of drug-likeness (QED) is 0.517. The number of methoxy groups -OCH3 is 1. The number of nitrogens with zero attached hydrogens (tertiary/aromatic N) is 3. The molecule has 1 unspecified atom stereocenters. The number of halogens is 2. The Kier molecular flexibility index (Phi) is 6.92. The second kappa shape index (κ2) is 9.37. The van der Waals surface area contributed by atoms with E-state index in [0.29, 0.717) is 3.97 Å². The summed E-state index contributed by atoms with van der Waals surface area (Å²) in [6, 6.07) is 5.10. The van der Waals surface area contributed by atoms with Gasteiger partial charge in [0.2, 0.25) is 11.8 Å². The number of ether oxygens (including phenoxy) is 2. The van der Waals surface area contributed by atoms with Crippen LogP contribution in [0.3, 0.4) is 0 Å². The lowest BCUT2D eigenvalue weighted by Gasteiger charge is -2.29. The monoisotopic (exact) mass is 494 g/mol. The Labute approximate surface area is 195 Å². The number of carbonyl (C=O) groups is 1. The minimum absolute atomic E-state index is 0.170. The number of nitrogens with one attached hydrogen (secondary N) is 1. The molecule has 0 aromatic carbocycles. The van der Waals surface area contributed by atoms with Crippen molar-refractivity contribution in [2.75, 3.05) is 14.2 Å². The number of carbonyl (C=O) groups excluding carboxylic acids is 1. The van der Waals surface area contributed by atoms with Gasteiger partial charge in [-0.25, -0.2) is 31.5 Å². The molecule has 0 aliphatic heterocycles. The molecule has 3 aromatic rings. The zero-order valence-corrected chi connectivity index (χ0v) is 20.0. The normalized spacial score (nSPS) is 12.8. The van der Waals surface area contributed by atoms with Crippen LogP contribution in [0.1, 0.15) is 32.4 Å². The van der Waals surface area contributed by atoms with Crippen molar-refractivity contribution in [3.63, 3.8) is 0 Å². The Morgan fingerprint density at radius 3 is 2.41 bits per heavy atom. The summed E-state index contributed by atoms with van der Waals surface area (Å²) in [7, 11) is -1.76. The van der Waals surface area contributed by atoms with E-state index in [-0.39, 0.29) is 21.9 Å². The van der Waals surface area contributed by atoms with Crippen LogP contribution < -0.4 is 10.1 Å². The van der Waals surface area contributed by atoms with Crippen LogP contribution in [-0.4, -0.2) is 42.6 Å². The molecule has 0 aliphatic rings. The van der Waals surface area contributed by atoms with E-state index >= 15 is 4.39 Å². The molecule has 0 spiro atoms. The number of pyridine rings is 2. The Morgan fingerprint density at radius 2 is 1.88 bits per heavy atom. The molecular weight excluding hydrogens is 470 g/mol. The first-order chi connectivity index (χ1) is 15.9. The van der Waals surface area contributed by atoms with Crippen LogP contribution in [0.5, 0.6) is 5.88 Å². The summed E-state index contributed by atoms with van der Waals surface area (Å²) in [5.41, 5.74) is -2.08. The maximum atomic E-state index is 15.9. The van der Waals surface area contributed by atoms with Crippen molar-refractivity contribution in [1.82, 2.24) is 19.3 Å². The number of alkyl carbamates (subject to hydrolysis) is 1. The molecule has 1 N–H and O–H groups in total. The highest BCUT2D eigenvalue weighted by Gasteiger charge is 2.38. The van der Waals surface area contributed by atoms with Crippen molar-refractivity contribution in [3.8, 4) is 17.1 Å². The fourth-order valence-corrected chi connectivity index (χ4v) is 4.60. The molecule has 1 amide bonds. The SMILES string of the molecule is CNC(=O)OC(c1cn(S(=O)(=O)c2ccc(OC)nc2)c(-c2cccnc2F)c1F)C(C)(C)C. The van der Waals surface area contributed by atoms with Gasteiger partial charge < -0.3 is 14.8 Å². The summed E-state index contributed by atoms with van der Waals surface area (Å²) in [6.45, 7) is 5.05. The second-order valence-corrected chi connectivity index (χ2v) is 10.1. The highest BCUT2D eigenvalue weighted by atomic mass is 32.2. The average Bonchev–Trinajstić information content (AvgIpc) is 3.14. The van der Waals surface area contributed by atoms with E-state index in [4.69, 9.17) is 9.47 Å². The summed E-state index contributed by atoms with van der Waals surface area (Å²) >= 11 is 0. The van der Waals surface area contributed by atoms with E-state index in [9.17, 15) is 17.6 Å². The van der Waals surface area contributed by atoms with Crippen molar-refractivity contribution < 1.29 is 31.5 Å². The van der Waals surface area contributed by atoms with E-state index in [0.717, 1.165) is 18.6 Å². The smallest absolute Gasteiger partial charge is 0.407 e. The van der Waals surface area contributed by atoms with Crippen LogP contribution >= 0.6 is 0 Å². The van der Waals surface area contributed by atoms with Crippen LogP contribution in [0.2, 0.25) is 0 Å². The summed E-state index contributed by atoms with van der Waals surface area (Å²) in [4.78, 5) is 19.1. The molecule has 12 heteroatoms. The Bertz CT molecular complexity index is 1300. The largest absolute Gasteiger partial charge is 0.481 e. The predicted molar refractivity (Wildman–Crippen MR) is 119 cm³/mol. The van der Waals surface area contributed by atoms with Crippen LogP contribution in [-0.2, 0) is 14.8 Å². The summed E-state index contributed by atoms with van der Waals surface area (Å²) in [5.74, 6) is -1.97. The zero-order valence-electron chi connectivity index (χ0n) is 19.2. The fraction of sp³-hybridized carbons (Fsp3) is 0.318. The Balaban J connectivity index is 2.32. The van der Waals surface area contributed by atoms with Crippen molar-refractivity contribution in [2.24, 2.45) is 5.41 Å². The van der Waals surface area contributed by atoms with Crippen molar-refractivity contribution in [1.29, 1.82) is 0 Å². The van der Waals surface area contributed by atoms with Gasteiger partial charge in [-0.05, 0) is 18.2 Å². The maximum absolute atomic E-state index is 15.9. The summed E-state index contributed by atoms with van der Waals surface area (Å²) < 4.78 is 68.5. The van der Waals surface area contributed by atoms with Gasteiger partial charge in [-0.1, -0.05) is 20.8 Å². The molecule has 0 fully saturated rings. The maximum Gasteiger partial charge on any atom is 0.407 e. The molecular formula is C22H24F2N4O5S. The van der Waals surface area contributed by atoms with Crippen molar-refractivity contribution in [2.45, 2.75) is 31.8 Å². The molecule has 9 nitrogen and oxygen atoms in total. The molecule has 3 rings (SSSR count). The fourth-order valence-electron chi connectivity index (χ4n) is 3.28. The molecule has 3 heterocycles. The van der Waals surface area contributed by atoms with E-state index in [2.05, 4.69) is 15.3 Å². The lowest BCUT2D eigenvalue weighted by atomic mass is 9.85. The van der Waals surface area contributed by atoms with Gasteiger partial charge in [-0.3, -0.25) is 0 Å². The van der Waals surface area contributed by atoms with Gasteiger partial charge in [0, 0.05) is 36.5 Å². The number of aromatic nitrogens is 3. The molecule has 1 atom stereocenters. The highest BCUT2D eigenvalue weighted by molar-refractivity contribution is 7.90. The summed E-state index contributed by atoms with van der Waals surface area (Å²) in [5, 5.41) is 2.29. The second-order valence-electron chi connectivity index (χ2n) is 8.33. The van der Waals surface area contributed by atoms with Gasteiger partial charge in [-0.2, -0.15) is 4.39 Å². The van der Waals surface area contributed by atoms with E-state index in [1.165, 1.54) is 38.4 Å². The zero-order chi connectivity index (χ0) is 25.3. The van der Waals surface area contributed by atoms with Gasteiger partial charge >= 0.3 is 6.09 Å². The molecule has 0 radical (unpaired) electrons. The van der Waals surface area contributed by atoms with E-state index < -0.39 is 45.1 Å². The molecule has 0 saturated heterocycles. The van der Waals surface area contributed by atoms with E-state index in [1.807, 2.05) is 0 Å². The first kappa shape index (κ1) is 25.1. The average molecular weight is 495 g/mol. The van der Waals surface area contributed by atoms with Gasteiger partial charge in [0.15, 0.2) is 5.82 Å². The van der Waals surface area contributed by atoms with Crippen LogP contribution in [0, 0.1) is 17.2 Å². The number of hydrogen-bond donors (Lipinski definition) is 1. The van der Waals surface area contributed by atoms with Gasteiger partial charge in [0.1, 0.15) is 16.7 Å². The predicted octanol–water partition coefficient (Wildman–Crippen LogP) is 3.91. The molecule has 182 valence electrons. The van der Waals surface area contributed by atoms with Crippen LogP contribution in [0.4, 0.5) is 13.6 Å². The summed E-state index contributed by atoms with van der Waals surface area (Å²) in [6.07, 6.45) is 1.12. The third-order valence-electron chi connectivity index (χ3n) is 4.93. The topological polar surface area (TPSA) is 112 Å². The first-order valence-electron chi connectivity index (χ1n) is 10.1. The van der Waals surface area contributed by atoms with Gasteiger partial charge in [0.25, 0.3) is 10.0 Å². The number of hydrogen-bond acceptors (Lipinski definition) is 7. The van der Waals surface area contributed by atoms with E-state index in [1.54, 1.807) is 20.8 Å². The number of amides is 1. The third kappa shape index (κ3) is 4.72. The third-order valence-corrected chi connectivity index (χ3v) is 6.57. The van der Waals surface area contributed by atoms with Crippen molar-refractivity contribution >= 4 is 16.1 Å². The van der Waals surface area contributed by atoms with Crippen molar-refractivity contribution in [3.05, 3.63) is 60.2 Å². The van der Waals surface area contributed by atoms with Gasteiger partial charge in [0.05, 0.1) is 18.9 Å². The standard InChI is InChI=1S/C22H24F2N4O5S/c1-22(2,3)19(33-21(29)25-4)15-12-28(18(17(15)23)14-7-6-10-26-20(14)24)34(30,31)13-8-9-16(32-5)27-11-13/h6-12,19H,1-5H3,(H,25,29).